The highest BCUT2D eigenvalue weighted by Gasteiger charge is 2.40. The third-order valence-corrected chi connectivity index (χ3v) is 6.51. The third kappa shape index (κ3) is 3.48. The van der Waals surface area contributed by atoms with Gasteiger partial charge < -0.3 is 4.90 Å². The number of aromatic nitrogens is 2. The second-order valence-electron chi connectivity index (χ2n) is 7.81. The van der Waals surface area contributed by atoms with Crippen LogP contribution in [0.25, 0.3) is 0 Å². The Morgan fingerprint density at radius 2 is 2.00 bits per heavy atom. The number of H-pyrrole nitrogens is 1. The Balaban J connectivity index is 1.58. The fourth-order valence-corrected chi connectivity index (χ4v) is 4.70. The average Bonchev–Trinajstić information content (AvgIpc) is 2.48. The maximum atomic E-state index is 11.7. The lowest BCUT2D eigenvalue weighted by Gasteiger charge is -2.48. The van der Waals surface area contributed by atoms with E-state index in [1.165, 1.54) is 19.4 Å². The van der Waals surface area contributed by atoms with Gasteiger partial charge in [0.15, 0.2) is 0 Å². The smallest absolute Gasteiger partial charge is 0.280 e. The maximum absolute atomic E-state index is 11.7. The van der Waals surface area contributed by atoms with Gasteiger partial charge in [-0.1, -0.05) is 27.2 Å². The second-order valence-corrected chi connectivity index (χ2v) is 8.60. The molecule has 3 rings (SSSR count). The average molecular weight is 383 g/mol. The summed E-state index contributed by atoms with van der Waals surface area (Å²) in [6.07, 6.45) is 4.52. The van der Waals surface area contributed by atoms with Crippen LogP contribution in [0.15, 0.2) is 15.5 Å². The summed E-state index contributed by atoms with van der Waals surface area (Å²) >= 11 is 3.38. The number of hydrogen-bond donors (Lipinski definition) is 1. The quantitative estimate of drug-likeness (QED) is 0.869. The highest BCUT2D eigenvalue weighted by Crippen LogP contribution is 2.46. The van der Waals surface area contributed by atoms with E-state index >= 15 is 0 Å². The Bertz CT molecular complexity index is 607. The minimum absolute atomic E-state index is 0.162. The number of aromatic amines is 1. The lowest BCUT2D eigenvalue weighted by atomic mass is 9.61. The van der Waals surface area contributed by atoms with Crippen molar-refractivity contribution >= 4 is 21.6 Å². The molecule has 1 N–H and O–H groups in total. The molecule has 1 aromatic rings. The summed E-state index contributed by atoms with van der Waals surface area (Å²) in [5.74, 6) is 1.75. The molecule has 1 saturated carbocycles. The van der Waals surface area contributed by atoms with E-state index in [-0.39, 0.29) is 5.56 Å². The molecule has 1 aromatic heterocycles. The van der Waals surface area contributed by atoms with Gasteiger partial charge in [0.2, 0.25) is 0 Å². The molecule has 1 saturated heterocycles. The van der Waals surface area contributed by atoms with Gasteiger partial charge in [0.25, 0.3) is 5.56 Å². The molecule has 2 atom stereocenters. The van der Waals surface area contributed by atoms with E-state index in [2.05, 4.69) is 56.7 Å². The number of piperazine rings is 1. The first kappa shape index (κ1) is 17.0. The van der Waals surface area contributed by atoms with Crippen molar-refractivity contribution in [2.75, 3.05) is 37.6 Å². The van der Waals surface area contributed by atoms with E-state index in [4.69, 9.17) is 0 Å². The van der Waals surface area contributed by atoms with Crippen molar-refractivity contribution in [3.8, 4) is 0 Å². The van der Waals surface area contributed by atoms with E-state index in [0.29, 0.717) is 9.89 Å². The highest BCUT2D eigenvalue weighted by atomic mass is 79.9. The van der Waals surface area contributed by atoms with Crippen LogP contribution in [0.3, 0.4) is 0 Å². The zero-order valence-corrected chi connectivity index (χ0v) is 15.9. The molecule has 128 valence electrons. The van der Waals surface area contributed by atoms with Gasteiger partial charge in [0, 0.05) is 32.7 Å². The molecule has 5 nitrogen and oxygen atoms in total. The molecule has 23 heavy (non-hydrogen) atoms. The zero-order valence-electron chi connectivity index (χ0n) is 14.3. The van der Waals surface area contributed by atoms with Crippen LogP contribution in [-0.4, -0.2) is 47.8 Å². The number of halogens is 1. The van der Waals surface area contributed by atoms with E-state index in [1.54, 1.807) is 6.20 Å². The van der Waals surface area contributed by atoms with Crippen molar-refractivity contribution in [3.05, 3.63) is 21.0 Å². The molecule has 2 heterocycles. The molecule has 0 aromatic carbocycles. The Hall–Kier alpha value is -0.880. The number of anilines is 1. The summed E-state index contributed by atoms with van der Waals surface area (Å²) in [6, 6.07) is 0. The monoisotopic (exact) mass is 382 g/mol. The van der Waals surface area contributed by atoms with Crippen molar-refractivity contribution in [1.82, 2.24) is 15.1 Å². The first-order valence-electron chi connectivity index (χ1n) is 8.59. The van der Waals surface area contributed by atoms with Crippen LogP contribution in [0.1, 0.15) is 33.6 Å². The molecule has 0 radical (unpaired) electrons. The second kappa shape index (κ2) is 6.55. The van der Waals surface area contributed by atoms with Crippen LogP contribution < -0.4 is 10.5 Å². The molecule has 0 spiro atoms. The molecule has 1 aliphatic heterocycles. The molecular weight excluding hydrogens is 356 g/mol. The Labute approximate surface area is 146 Å². The van der Waals surface area contributed by atoms with Gasteiger partial charge in [0.05, 0.1) is 11.9 Å². The van der Waals surface area contributed by atoms with Crippen molar-refractivity contribution < 1.29 is 0 Å². The van der Waals surface area contributed by atoms with Crippen molar-refractivity contribution in [2.45, 2.75) is 33.6 Å². The number of rotatable bonds is 4. The van der Waals surface area contributed by atoms with Crippen molar-refractivity contribution in [2.24, 2.45) is 17.3 Å². The lowest BCUT2D eigenvalue weighted by Crippen LogP contribution is -2.52. The van der Waals surface area contributed by atoms with Gasteiger partial charge in [-0.3, -0.25) is 9.69 Å². The number of nitrogens with one attached hydrogen (secondary N) is 1. The van der Waals surface area contributed by atoms with Crippen LogP contribution in [0.2, 0.25) is 0 Å². The molecule has 2 fully saturated rings. The third-order valence-electron chi connectivity index (χ3n) is 5.74. The Kier molecular flexibility index (Phi) is 4.83. The summed E-state index contributed by atoms with van der Waals surface area (Å²) in [5, 5.41) is 6.38. The van der Waals surface area contributed by atoms with E-state index in [9.17, 15) is 4.79 Å². The first-order valence-corrected chi connectivity index (χ1v) is 9.38. The fraction of sp³-hybridized carbons (Fsp3) is 0.765. The van der Waals surface area contributed by atoms with Crippen LogP contribution in [0, 0.1) is 17.3 Å². The maximum Gasteiger partial charge on any atom is 0.280 e. The summed E-state index contributed by atoms with van der Waals surface area (Å²) in [7, 11) is 0. The summed E-state index contributed by atoms with van der Waals surface area (Å²) in [5.41, 5.74) is 1.14. The minimum Gasteiger partial charge on any atom is -0.367 e. The van der Waals surface area contributed by atoms with E-state index < -0.39 is 0 Å². The molecule has 0 unspecified atom stereocenters. The number of nitrogens with zero attached hydrogens (tertiary/aromatic N) is 3. The van der Waals surface area contributed by atoms with Gasteiger partial charge in [-0.05, 0) is 39.6 Å². The molecular formula is C17H27BrN4O. The summed E-state index contributed by atoms with van der Waals surface area (Å²) in [4.78, 5) is 16.5. The standard InChI is InChI=1S/C17H27BrN4O/c1-12-4-5-13(12)17(2,3)11-21-6-8-22(9-7-21)14-10-19-20-16(23)15(14)18/h10,12-13H,4-9,11H2,1-3H3,(H,20,23)/t12-,13+/m1/s1. The normalized spacial score (nSPS) is 26.2. The van der Waals surface area contributed by atoms with Crippen LogP contribution >= 0.6 is 15.9 Å². The van der Waals surface area contributed by atoms with Crippen molar-refractivity contribution in [3.63, 3.8) is 0 Å². The Morgan fingerprint density at radius 3 is 2.57 bits per heavy atom. The van der Waals surface area contributed by atoms with Gasteiger partial charge in [-0.2, -0.15) is 5.10 Å². The van der Waals surface area contributed by atoms with Gasteiger partial charge in [0.1, 0.15) is 4.47 Å². The lowest BCUT2D eigenvalue weighted by molar-refractivity contribution is 0.0214. The van der Waals surface area contributed by atoms with Gasteiger partial charge in [-0.15, -0.1) is 0 Å². The zero-order chi connectivity index (χ0) is 16.6. The van der Waals surface area contributed by atoms with Gasteiger partial charge >= 0.3 is 0 Å². The topological polar surface area (TPSA) is 52.2 Å². The molecule has 6 heteroatoms. The SMILES string of the molecule is C[C@@H]1CC[C@@H]1C(C)(C)CN1CCN(c2cn[nH]c(=O)c2Br)CC1. The summed E-state index contributed by atoms with van der Waals surface area (Å²) in [6.45, 7) is 12.4. The van der Waals surface area contributed by atoms with E-state index in [0.717, 1.165) is 43.7 Å². The van der Waals surface area contributed by atoms with Crippen LogP contribution in [0.5, 0.6) is 0 Å². The first-order chi connectivity index (χ1) is 10.9. The predicted molar refractivity (Wildman–Crippen MR) is 96.9 cm³/mol. The molecule has 0 bridgehead atoms. The molecule has 0 amide bonds. The van der Waals surface area contributed by atoms with Crippen LogP contribution in [-0.2, 0) is 0 Å². The largest absolute Gasteiger partial charge is 0.367 e. The predicted octanol–water partition coefficient (Wildman–Crippen LogP) is 2.73. The highest BCUT2D eigenvalue weighted by molar-refractivity contribution is 9.10. The fourth-order valence-electron chi connectivity index (χ4n) is 4.26. The summed E-state index contributed by atoms with van der Waals surface area (Å²) < 4.78 is 0.588. The van der Waals surface area contributed by atoms with Gasteiger partial charge in [-0.25, -0.2) is 5.10 Å². The number of hydrogen-bond acceptors (Lipinski definition) is 4. The van der Waals surface area contributed by atoms with Crippen LogP contribution in [0.4, 0.5) is 5.69 Å². The van der Waals surface area contributed by atoms with Crippen molar-refractivity contribution in [1.29, 1.82) is 0 Å². The Morgan fingerprint density at radius 1 is 1.30 bits per heavy atom. The molecule has 1 aliphatic carbocycles. The minimum atomic E-state index is -0.162. The van der Waals surface area contributed by atoms with E-state index in [1.807, 2.05) is 0 Å². The molecule has 2 aliphatic rings.